The van der Waals surface area contributed by atoms with Crippen LogP contribution in [0.25, 0.3) is 0 Å². The molecule has 3 N–H and O–H groups in total. The highest BCUT2D eigenvalue weighted by Gasteiger charge is 2.38. The molecule has 4 rings (SSSR count). The number of aromatic nitrogens is 2. The van der Waals surface area contributed by atoms with Crippen LogP contribution < -0.4 is 10.6 Å². The first-order chi connectivity index (χ1) is 13.7. The summed E-state index contributed by atoms with van der Waals surface area (Å²) >= 11 is 1.54. The number of H-pyrrole nitrogens is 1. The van der Waals surface area contributed by atoms with Crippen molar-refractivity contribution in [3.63, 3.8) is 0 Å². The van der Waals surface area contributed by atoms with E-state index in [4.69, 9.17) is 0 Å². The third kappa shape index (κ3) is 4.99. The van der Waals surface area contributed by atoms with Gasteiger partial charge in [-0.05, 0) is 43.7 Å². The van der Waals surface area contributed by atoms with Crippen LogP contribution in [0.2, 0.25) is 0 Å². The molecule has 1 saturated carbocycles. The summed E-state index contributed by atoms with van der Waals surface area (Å²) in [5.41, 5.74) is 3.27. The van der Waals surface area contributed by atoms with Gasteiger partial charge in [0.05, 0.1) is 17.7 Å². The Morgan fingerprint density at radius 1 is 1.21 bits per heavy atom. The molecular weight excluding hydrogens is 374 g/mol. The first kappa shape index (κ1) is 19.1. The quantitative estimate of drug-likeness (QED) is 0.601. The molecule has 150 valence electrons. The van der Waals surface area contributed by atoms with E-state index in [9.17, 15) is 9.59 Å². The van der Waals surface area contributed by atoms with Crippen molar-refractivity contribution in [2.24, 2.45) is 5.92 Å². The van der Waals surface area contributed by atoms with E-state index >= 15 is 0 Å². The lowest BCUT2D eigenvalue weighted by molar-refractivity contribution is -0.122. The zero-order valence-electron chi connectivity index (χ0n) is 15.9. The smallest absolute Gasteiger partial charge is 0.267 e. The second kappa shape index (κ2) is 8.87. The van der Waals surface area contributed by atoms with Crippen molar-refractivity contribution in [2.45, 2.75) is 50.7 Å². The Kier molecular flexibility index (Phi) is 6.07. The molecule has 1 saturated heterocycles. The average Bonchev–Trinajstić information content (AvgIpc) is 3.12. The molecule has 2 aromatic heterocycles. The van der Waals surface area contributed by atoms with Crippen molar-refractivity contribution in [2.75, 3.05) is 13.1 Å². The highest BCUT2D eigenvalue weighted by atomic mass is 32.1. The molecule has 8 heteroatoms. The van der Waals surface area contributed by atoms with Crippen molar-refractivity contribution in [1.29, 1.82) is 0 Å². The number of amides is 2. The minimum atomic E-state index is -0.0687. The van der Waals surface area contributed by atoms with Crippen molar-refractivity contribution in [1.82, 2.24) is 25.5 Å². The second-order valence-electron chi connectivity index (χ2n) is 7.78. The van der Waals surface area contributed by atoms with Crippen LogP contribution in [0.1, 0.15) is 48.3 Å². The zero-order valence-corrected chi connectivity index (χ0v) is 16.7. The molecule has 1 aliphatic carbocycles. The fourth-order valence-corrected chi connectivity index (χ4v) is 4.49. The number of aromatic amines is 1. The minimum Gasteiger partial charge on any atom is -0.357 e. The molecule has 0 aromatic carbocycles. The van der Waals surface area contributed by atoms with Crippen molar-refractivity contribution < 1.29 is 9.59 Å². The zero-order chi connectivity index (χ0) is 19.3. The van der Waals surface area contributed by atoms with Crippen molar-refractivity contribution in [3.05, 3.63) is 40.6 Å². The maximum absolute atomic E-state index is 12.4. The topological polar surface area (TPSA) is 90.1 Å². The number of thiazole rings is 1. The van der Waals surface area contributed by atoms with E-state index in [2.05, 4.69) is 25.5 Å². The summed E-state index contributed by atoms with van der Waals surface area (Å²) in [6, 6.07) is 4.16. The summed E-state index contributed by atoms with van der Waals surface area (Å²) < 4.78 is 0. The molecule has 0 spiro atoms. The van der Waals surface area contributed by atoms with Gasteiger partial charge in [0.15, 0.2) is 0 Å². The number of nitrogens with one attached hydrogen (secondary N) is 3. The lowest BCUT2D eigenvalue weighted by atomic mass is 10.1. The summed E-state index contributed by atoms with van der Waals surface area (Å²) in [6.07, 6.45) is 6.84. The third-order valence-electron chi connectivity index (χ3n) is 5.65. The molecule has 0 bridgehead atoms. The van der Waals surface area contributed by atoms with Gasteiger partial charge in [-0.3, -0.25) is 14.5 Å². The number of carbonyl (C=O) groups excluding carboxylic acids is 2. The molecule has 2 aliphatic rings. The fourth-order valence-electron chi connectivity index (χ4n) is 3.93. The molecule has 0 unspecified atom stereocenters. The summed E-state index contributed by atoms with van der Waals surface area (Å²) in [4.78, 5) is 34.3. The van der Waals surface area contributed by atoms with E-state index in [1.54, 1.807) is 17.8 Å². The van der Waals surface area contributed by atoms with Gasteiger partial charge in [0.2, 0.25) is 5.91 Å². The summed E-state index contributed by atoms with van der Waals surface area (Å²) in [5.74, 6) is 0.760. The van der Waals surface area contributed by atoms with Crippen LogP contribution in [0, 0.1) is 5.92 Å². The molecular formula is C20H27N5O2S. The Bertz CT molecular complexity index is 773. The van der Waals surface area contributed by atoms with Crippen LogP contribution in [0.15, 0.2) is 29.2 Å². The highest BCUT2D eigenvalue weighted by molar-refractivity contribution is 7.07. The standard InChI is InChI=1S/C20H27N5O2S/c26-19(22-9-15-12-28-13-24-15)8-16-5-6-17(25(16)11-14-3-4-14)10-23-20(27)18-2-1-7-21-18/h1-2,7,12-14,16-17,21H,3-6,8-11H2,(H,22,26)(H,23,27)/t16-,17+/m1/s1. The first-order valence-electron chi connectivity index (χ1n) is 10.00. The number of likely N-dealkylation sites (tertiary alicyclic amines) is 1. The van der Waals surface area contributed by atoms with Crippen LogP contribution in [0.3, 0.4) is 0 Å². The van der Waals surface area contributed by atoms with Crippen LogP contribution in [0.5, 0.6) is 0 Å². The Morgan fingerprint density at radius 3 is 2.79 bits per heavy atom. The van der Waals surface area contributed by atoms with Crippen molar-refractivity contribution in [3.8, 4) is 0 Å². The number of carbonyl (C=O) groups is 2. The van der Waals surface area contributed by atoms with Gasteiger partial charge >= 0.3 is 0 Å². The lowest BCUT2D eigenvalue weighted by Gasteiger charge is -2.30. The Hall–Kier alpha value is -2.19. The van der Waals surface area contributed by atoms with Crippen LogP contribution in [-0.2, 0) is 11.3 Å². The number of hydrogen-bond acceptors (Lipinski definition) is 5. The Labute approximate surface area is 168 Å². The predicted molar refractivity (Wildman–Crippen MR) is 108 cm³/mol. The summed E-state index contributed by atoms with van der Waals surface area (Å²) in [7, 11) is 0. The Morgan fingerprint density at radius 2 is 2.07 bits per heavy atom. The molecule has 7 nitrogen and oxygen atoms in total. The van der Waals surface area contributed by atoms with E-state index in [0.29, 0.717) is 31.2 Å². The van der Waals surface area contributed by atoms with E-state index in [0.717, 1.165) is 31.0 Å². The number of hydrogen-bond donors (Lipinski definition) is 3. The van der Waals surface area contributed by atoms with Gasteiger partial charge in [-0.2, -0.15) is 0 Å². The van der Waals surface area contributed by atoms with Gasteiger partial charge < -0.3 is 15.6 Å². The molecule has 2 amide bonds. The molecule has 2 fully saturated rings. The van der Waals surface area contributed by atoms with Gasteiger partial charge in [0.1, 0.15) is 5.69 Å². The molecule has 2 atom stereocenters. The maximum atomic E-state index is 12.4. The molecule has 0 radical (unpaired) electrons. The monoisotopic (exact) mass is 401 g/mol. The Balaban J connectivity index is 1.29. The highest BCUT2D eigenvalue weighted by Crippen LogP contribution is 2.35. The van der Waals surface area contributed by atoms with Gasteiger partial charge in [-0.25, -0.2) is 4.98 Å². The largest absolute Gasteiger partial charge is 0.357 e. The van der Waals surface area contributed by atoms with E-state index in [-0.39, 0.29) is 17.9 Å². The SMILES string of the molecule is O=C(C[C@H]1CC[C@@H](CNC(=O)c2ccc[nH]2)N1CC1CC1)NCc1cscn1. The van der Waals surface area contributed by atoms with Crippen molar-refractivity contribution >= 4 is 23.2 Å². The first-order valence-corrected chi connectivity index (χ1v) is 10.9. The molecule has 2 aromatic rings. The van der Waals surface area contributed by atoms with Crippen LogP contribution >= 0.6 is 11.3 Å². The fraction of sp³-hybridized carbons (Fsp3) is 0.550. The molecule has 28 heavy (non-hydrogen) atoms. The van der Waals surface area contributed by atoms with Gasteiger partial charge in [0.25, 0.3) is 5.91 Å². The molecule has 3 heterocycles. The lowest BCUT2D eigenvalue weighted by Crippen LogP contribution is -2.45. The van der Waals surface area contributed by atoms with E-state index in [1.807, 2.05) is 11.4 Å². The van der Waals surface area contributed by atoms with Gasteiger partial charge in [-0.1, -0.05) is 0 Å². The van der Waals surface area contributed by atoms with Gasteiger partial charge in [0, 0.05) is 43.2 Å². The molecule has 1 aliphatic heterocycles. The van der Waals surface area contributed by atoms with Gasteiger partial charge in [-0.15, -0.1) is 11.3 Å². The number of rotatable bonds is 9. The normalized spacial score (nSPS) is 22.3. The van der Waals surface area contributed by atoms with E-state index in [1.165, 1.54) is 24.2 Å². The van der Waals surface area contributed by atoms with E-state index < -0.39 is 0 Å². The number of nitrogens with zero attached hydrogens (tertiary/aromatic N) is 2. The predicted octanol–water partition coefficient (Wildman–Crippen LogP) is 2.15. The van der Waals surface area contributed by atoms with Crippen LogP contribution in [0.4, 0.5) is 0 Å². The minimum absolute atomic E-state index is 0.0687. The second-order valence-corrected chi connectivity index (χ2v) is 8.50. The maximum Gasteiger partial charge on any atom is 0.267 e. The summed E-state index contributed by atoms with van der Waals surface area (Å²) in [6.45, 7) is 2.15. The average molecular weight is 402 g/mol. The third-order valence-corrected chi connectivity index (χ3v) is 6.28. The summed E-state index contributed by atoms with van der Waals surface area (Å²) in [5, 5.41) is 7.99. The van der Waals surface area contributed by atoms with Crippen LogP contribution in [-0.4, -0.2) is 51.9 Å².